The van der Waals surface area contributed by atoms with E-state index in [1.807, 2.05) is 19.1 Å². The van der Waals surface area contributed by atoms with Crippen LogP contribution in [0.5, 0.6) is 0 Å². The minimum atomic E-state index is -1.68. The molecule has 0 fully saturated rings. The average molecular weight is 315 g/mol. The molecule has 0 aliphatic rings. The maximum atomic E-state index is 13.4. The Morgan fingerprint density at radius 1 is 1.10 bits per heavy atom. The number of aliphatic hydroxyl groups is 1. The molecule has 0 amide bonds. The standard InChI is InChI=1S/C16H14ClF3O/c1-10-4-2-3-5-11(10)8-16(21,9-17)12-6-13(18)15(20)14(19)7-12/h2-7,21H,8-9H2,1H3. The zero-order valence-electron chi connectivity index (χ0n) is 11.3. The van der Waals surface area contributed by atoms with Crippen molar-refractivity contribution in [1.82, 2.24) is 0 Å². The monoisotopic (exact) mass is 314 g/mol. The zero-order valence-corrected chi connectivity index (χ0v) is 12.1. The molecular weight excluding hydrogens is 301 g/mol. The van der Waals surface area contributed by atoms with Crippen molar-refractivity contribution in [2.75, 3.05) is 5.88 Å². The number of rotatable bonds is 4. The molecule has 2 aromatic rings. The Kier molecular flexibility index (Phi) is 4.59. The van der Waals surface area contributed by atoms with Gasteiger partial charge in [-0.1, -0.05) is 24.3 Å². The number of halogens is 4. The first-order chi connectivity index (χ1) is 9.87. The fraction of sp³-hybridized carbons (Fsp3) is 0.250. The highest BCUT2D eigenvalue weighted by atomic mass is 35.5. The molecule has 2 rings (SSSR count). The average Bonchev–Trinajstić information content (AvgIpc) is 2.46. The van der Waals surface area contributed by atoms with E-state index in [2.05, 4.69) is 0 Å². The first-order valence-electron chi connectivity index (χ1n) is 6.35. The first-order valence-corrected chi connectivity index (χ1v) is 6.89. The molecule has 1 atom stereocenters. The molecular formula is C16H14ClF3O. The van der Waals surface area contributed by atoms with E-state index >= 15 is 0 Å². The molecule has 0 aromatic heterocycles. The van der Waals surface area contributed by atoms with Crippen molar-refractivity contribution in [3.8, 4) is 0 Å². The van der Waals surface area contributed by atoms with Gasteiger partial charge in [-0.3, -0.25) is 0 Å². The summed E-state index contributed by atoms with van der Waals surface area (Å²) in [6, 6.07) is 8.84. The molecule has 0 aliphatic heterocycles. The topological polar surface area (TPSA) is 20.2 Å². The lowest BCUT2D eigenvalue weighted by atomic mass is 9.87. The highest BCUT2D eigenvalue weighted by Crippen LogP contribution is 2.30. The Morgan fingerprint density at radius 2 is 1.67 bits per heavy atom. The summed E-state index contributed by atoms with van der Waals surface area (Å²) in [5.41, 5.74) is -0.0460. The summed E-state index contributed by atoms with van der Waals surface area (Å²) in [6.07, 6.45) is 0.0771. The van der Waals surface area contributed by atoms with E-state index in [0.29, 0.717) is 0 Å². The van der Waals surface area contributed by atoms with Crippen LogP contribution in [0.4, 0.5) is 13.2 Å². The van der Waals surface area contributed by atoms with Crippen molar-refractivity contribution >= 4 is 11.6 Å². The van der Waals surface area contributed by atoms with Crippen LogP contribution in [-0.2, 0) is 12.0 Å². The van der Waals surface area contributed by atoms with Crippen LogP contribution in [0.1, 0.15) is 16.7 Å². The summed E-state index contributed by atoms with van der Waals surface area (Å²) in [7, 11) is 0. The summed E-state index contributed by atoms with van der Waals surface area (Å²) < 4.78 is 39.7. The van der Waals surface area contributed by atoms with Crippen molar-refractivity contribution in [2.45, 2.75) is 18.9 Å². The lowest BCUT2D eigenvalue weighted by Gasteiger charge is -2.27. The molecule has 1 unspecified atom stereocenters. The molecule has 1 nitrogen and oxygen atoms in total. The third kappa shape index (κ3) is 3.22. The van der Waals surface area contributed by atoms with E-state index in [1.54, 1.807) is 12.1 Å². The molecule has 0 aliphatic carbocycles. The fourth-order valence-electron chi connectivity index (χ4n) is 2.17. The van der Waals surface area contributed by atoms with Crippen LogP contribution in [0.15, 0.2) is 36.4 Å². The van der Waals surface area contributed by atoms with Gasteiger partial charge < -0.3 is 5.11 Å². The van der Waals surface area contributed by atoms with Crippen LogP contribution >= 0.6 is 11.6 Å². The van der Waals surface area contributed by atoms with Gasteiger partial charge in [0.25, 0.3) is 0 Å². The van der Waals surface area contributed by atoms with Gasteiger partial charge in [0, 0.05) is 6.42 Å². The molecule has 0 saturated carbocycles. The van der Waals surface area contributed by atoms with Gasteiger partial charge in [-0.05, 0) is 35.7 Å². The molecule has 1 N–H and O–H groups in total. The number of hydrogen-bond donors (Lipinski definition) is 1. The van der Waals surface area contributed by atoms with Gasteiger partial charge >= 0.3 is 0 Å². The normalized spacial score (nSPS) is 14.0. The Balaban J connectivity index is 2.44. The number of alkyl halides is 1. The minimum Gasteiger partial charge on any atom is -0.384 e. The van der Waals surface area contributed by atoms with Crippen LogP contribution in [-0.4, -0.2) is 11.0 Å². The van der Waals surface area contributed by atoms with Crippen molar-refractivity contribution in [3.63, 3.8) is 0 Å². The molecule has 21 heavy (non-hydrogen) atoms. The van der Waals surface area contributed by atoms with Crippen LogP contribution in [0.3, 0.4) is 0 Å². The summed E-state index contributed by atoms with van der Waals surface area (Å²) in [5, 5.41) is 10.6. The number of benzene rings is 2. The van der Waals surface area contributed by atoms with E-state index in [1.165, 1.54) is 0 Å². The Morgan fingerprint density at radius 3 is 2.19 bits per heavy atom. The molecule has 0 radical (unpaired) electrons. The van der Waals surface area contributed by atoms with Crippen LogP contribution in [0.2, 0.25) is 0 Å². The molecule has 112 valence electrons. The van der Waals surface area contributed by atoms with Gasteiger partial charge in [0.05, 0.1) is 5.88 Å². The second kappa shape index (κ2) is 6.08. The van der Waals surface area contributed by atoms with Gasteiger partial charge in [0.15, 0.2) is 17.5 Å². The zero-order chi connectivity index (χ0) is 15.6. The smallest absolute Gasteiger partial charge is 0.194 e. The minimum absolute atomic E-state index is 0.0771. The van der Waals surface area contributed by atoms with Crippen LogP contribution in [0.25, 0.3) is 0 Å². The fourth-order valence-corrected chi connectivity index (χ4v) is 2.42. The van der Waals surface area contributed by atoms with E-state index in [-0.39, 0.29) is 17.9 Å². The number of aryl methyl sites for hydroxylation is 1. The van der Waals surface area contributed by atoms with Crippen molar-refractivity contribution < 1.29 is 18.3 Å². The third-order valence-electron chi connectivity index (χ3n) is 3.49. The summed E-state index contributed by atoms with van der Waals surface area (Å²) >= 11 is 5.80. The van der Waals surface area contributed by atoms with E-state index < -0.39 is 23.1 Å². The van der Waals surface area contributed by atoms with Crippen molar-refractivity contribution in [2.24, 2.45) is 0 Å². The second-order valence-corrected chi connectivity index (χ2v) is 5.29. The Labute approximate surface area is 126 Å². The van der Waals surface area contributed by atoms with Gasteiger partial charge in [0.1, 0.15) is 5.60 Å². The van der Waals surface area contributed by atoms with Gasteiger partial charge in [0.2, 0.25) is 0 Å². The lowest BCUT2D eigenvalue weighted by Crippen LogP contribution is -2.31. The Hall–Kier alpha value is -1.52. The molecule has 0 heterocycles. The van der Waals surface area contributed by atoms with Gasteiger partial charge in [-0.2, -0.15) is 0 Å². The van der Waals surface area contributed by atoms with Crippen LogP contribution < -0.4 is 0 Å². The van der Waals surface area contributed by atoms with Crippen LogP contribution in [0, 0.1) is 24.4 Å². The number of hydrogen-bond acceptors (Lipinski definition) is 1. The van der Waals surface area contributed by atoms with E-state index in [4.69, 9.17) is 11.6 Å². The maximum Gasteiger partial charge on any atom is 0.194 e. The predicted molar refractivity (Wildman–Crippen MR) is 75.8 cm³/mol. The molecule has 0 bridgehead atoms. The summed E-state index contributed by atoms with van der Waals surface area (Å²) in [6.45, 7) is 1.86. The highest BCUT2D eigenvalue weighted by molar-refractivity contribution is 6.18. The lowest BCUT2D eigenvalue weighted by molar-refractivity contribution is 0.0603. The SMILES string of the molecule is Cc1ccccc1CC(O)(CCl)c1cc(F)c(F)c(F)c1. The van der Waals surface area contributed by atoms with E-state index in [0.717, 1.165) is 23.3 Å². The quantitative estimate of drug-likeness (QED) is 0.666. The van der Waals surface area contributed by atoms with Crippen molar-refractivity contribution in [3.05, 3.63) is 70.5 Å². The van der Waals surface area contributed by atoms with E-state index in [9.17, 15) is 18.3 Å². The largest absolute Gasteiger partial charge is 0.384 e. The first kappa shape index (κ1) is 15.9. The highest BCUT2D eigenvalue weighted by Gasteiger charge is 2.31. The summed E-state index contributed by atoms with van der Waals surface area (Å²) in [4.78, 5) is 0. The predicted octanol–water partition coefficient (Wildman–Crippen LogP) is 4.08. The molecule has 0 spiro atoms. The molecule has 5 heteroatoms. The maximum absolute atomic E-state index is 13.4. The third-order valence-corrected chi connectivity index (χ3v) is 3.93. The van der Waals surface area contributed by atoms with Gasteiger partial charge in [-0.15, -0.1) is 11.6 Å². The molecule has 0 saturated heterocycles. The van der Waals surface area contributed by atoms with Gasteiger partial charge in [-0.25, -0.2) is 13.2 Å². The Bertz CT molecular complexity index is 637. The van der Waals surface area contributed by atoms with Crippen molar-refractivity contribution in [1.29, 1.82) is 0 Å². The summed E-state index contributed by atoms with van der Waals surface area (Å²) in [5.74, 6) is -4.53. The second-order valence-electron chi connectivity index (χ2n) is 5.02. The molecule has 2 aromatic carbocycles.